The van der Waals surface area contributed by atoms with Crippen LogP contribution in [0.3, 0.4) is 0 Å². The lowest BCUT2D eigenvalue weighted by Gasteiger charge is -2.29. The zero-order valence-corrected chi connectivity index (χ0v) is 11.7. The van der Waals surface area contributed by atoms with Crippen LogP contribution in [0.2, 0.25) is 0 Å². The van der Waals surface area contributed by atoms with Crippen molar-refractivity contribution in [3.05, 3.63) is 29.6 Å². The number of nitrogens with zero attached hydrogens (tertiary/aromatic N) is 2. The highest BCUT2D eigenvalue weighted by Crippen LogP contribution is 2.27. The predicted octanol–water partition coefficient (Wildman–Crippen LogP) is 2.16. The van der Waals surface area contributed by atoms with E-state index in [0.29, 0.717) is 13.1 Å². The van der Waals surface area contributed by atoms with Gasteiger partial charge in [0.2, 0.25) is 0 Å². The topological polar surface area (TPSA) is 59.2 Å². The molecule has 1 aromatic heterocycles. The highest BCUT2D eigenvalue weighted by atomic mass is 19.4. The van der Waals surface area contributed by atoms with Gasteiger partial charge in [0.05, 0.1) is 5.56 Å². The number of pyridine rings is 1. The Morgan fingerprint density at radius 1 is 1.35 bits per heavy atom. The Hall–Kier alpha value is -1.63. The number of nitrogens with two attached hydrogens (primary N) is 1. The van der Waals surface area contributed by atoms with Gasteiger partial charge in [-0.05, 0) is 24.1 Å². The van der Waals surface area contributed by atoms with Gasteiger partial charge in [0.15, 0.2) is 0 Å². The molecule has 0 aliphatic rings. The van der Waals surface area contributed by atoms with E-state index >= 15 is 0 Å². The molecule has 2 N–H and O–H groups in total. The number of rotatable bonds is 4. The van der Waals surface area contributed by atoms with E-state index in [1.54, 1.807) is 7.05 Å². The number of hydrogen-bond donors (Lipinski definition) is 1. The molecule has 0 atom stereocenters. The van der Waals surface area contributed by atoms with Crippen molar-refractivity contribution in [2.75, 3.05) is 20.1 Å². The molecule has 20 heavy (non-hydrogen) atoms. The maximum Gasteiger partial charge on any atom is 0.433 e. The maximum atomic E-state index is 12.4. The Balaban J connectivity index is 2.83. The summed E-state index contributed by atoms with van der Waals surface area (Å²) in [6.07, 6.45) is -3.56. The molecule has 0 saturated carbocycles. The lowest BCUT2D eigenvalue weighted by atomic mass is 9.93. The SMILES string of the molecule is CN(CC(C)(C)CN)C(=O)c1ccc(C(F)(F)F)nc1. The Bertz CT molecular complexity index is 469. The summed E-state index contributed by atoms with van der Waals surface area (Å²) < 4.78 is 37.1. The number of carbonyl (C=O) groups excluding carboxylic acids is 1. The molecule has 4 nitrogen and oxygen atoms in total. The molecule has 112 valence electrons. The quantitative estimate of drug-likeness (QED) is 0.924. The molecule has 0 aliphatic heterocycles. The van der Waals surface area contributed by atoms with E-state index in [-0.39, 0.29) is 16.9 Å². The standard InChI is InChI=1S/C13H18F3N3O/c1-12(2,7-17)8-19(3)11(20)9-4-5-10(18-6-9)13(14,15)16/h4-6H,7-8,17H2,1-3H3. The van der Waals surface area contributed by atoms with Gasteiger partial charge in [-0.1, -0.05) is 13.8 Å². The summed E-state index contributed by atoms with van der Waals surface area (Å²) in [5.74, 6) is -0.382. The van der Waals surface area contributed by atoms with Gasteiger partial charge in [-0.3, -0.25) is 9.78 Å². The van der Waals surface area contributed by atoms with Crippen molar-refractivity contribution in [1.29, 1.82) is 0 Å². The molecule has 0 spiro atoms. The summed E-state index contributed by atoms with van der Waals surface area (Å²) in [4.78, 5) is 16.8. The fourth-order valence-corrected chi connectivity index (χ4v) is 1.69. The molecule has 0 bridgehead atoms. The van der Waals surface area contributed by atoms with Gasteiger partial charge in [0.1, 0.15) is 5.69 Å². The maximum absolute atomic E-state index is 12.4. The second-order valence-electron chi connectivity index (χ2n) is 5.46. The zero-order valence-electron chi connectivity index (χ0n) is 11.7. The van der Waals surface area contributed by atoms with Gasteiger partial charge < -0.3 is 10.6 Å². The third kappa shape index (κ3) is 4.19. The van der Waals surface area contributed by atoms with E-state index < -0.39 is 11.9 Å². The van der Waals surface area contributed by atoms with Crippen molar-refractivity contribution in [2.24, 2.45) is 11.1 Å². The normalized spacial score (nSPS) is 12.3. The number of hydrogen-bond acceptors (Lipinski definition) is 3. The number of alkyl halides is 3. The third-order valence-electron chi connectivity index (χ3n) is 2.87. The molecule has 1 heterocycles. The van der Waals surface area contributed by atoms with Crippen LogP contribution in [0.4, 0.5) is 13.2 Å². The monoisotopic (exact) mass is 289 g/mol. The van der Waals surface area contributed by atoms with Crippen molar-refractivity contribution in [3.8, 4) is 0 Å². The first-order valence-electron chi connectivity index (χ1n) is 6.05. The highest BCUT2D eigenvalue weighted by Gasteiger charge is 2.32. The summed E-state index contributed by atoms with van der Waals surface area (Å²) in [5, 5.41) is 0. The molecule has 7 heteroatoms. The first-order chi connectivity index (χ1) is 9.07. The summed E-state index contributed by atoms with van der Waals surface area (Å²) in [5.41, 5.74) is 4.43. The van der Waals surface area contributed by atoms with E-state index in [1.807, 2.05) is 13.8 Å². The Morgan fingerprint density at radius 2 is 1.95 bits per heavy atom. The minimum atomic E-state index is -4.50. The third-order valence-corrected chi connectivity index (χ3v) is 2.87. The van der Waals surface area contributed by atoms with Gasteiger partial charge in [0, 0.05) is 19.8 Å². The lowest BCUT2D eigenvalue weighted by molar-refractivity contribution is -0.141. The summed E-state index contributed by atoms with van der Waals surface area (Å²) in [6.45, 7) is 4.61. The molecular formula is C13H18F3N3O. The Kier molecular flexibility index (Phi) is 4.75. The van der Waals surface area contributed by atoms with Gasteiger partial charge in [-0.2, -0.15) is 13.2 Å². The fourth-order valence-electron chi connectivity index (χ4n) is 1.69. The van der Waals surface area contributed by atoms with Crippen molar-refractivity contribution in [3.63, 3.8) is 0 Å². The minimum Gasteiger partial charge on any atom is -0.341 e. The van der Waals surface area contributed by atoms with Crippen LogP contribution in [0, 0.1) is 5.41 Å². The first kappa shape index (κ1) is 16.4. The van der Waals surface area contributed by atoms with Crippen molar-refractivity contribution in [1.82, 2.24) is 9.88 Å². The van der Waals surface area contributed by atoms with Crippen LogP contribution in [0.25, 0.3) is 0 Å². The molecule has 0 aromatic carbocycles. The molecule has 1 aromatic rings. The van der Waals surface area contributed by atoms with E-state index in [0.717, 1.165) is 18.3 Å². The lowest BCUT2D eigenvalue weighted by Crippen LogP contribution is -2.39. The van der Waals surface area contributed by atoms with Crippen LogP contribution in [-0.4, -0.2) is 35.9 Å². The predicted molar refractivity (Wildman–Crippen MR) is 69.0 cm³/mol. The average molecular weight is 289 g/mol. The molecule has 0 unspecified atom stereocenters. The van der Waals surface area contributed by atoms with Crippen LogP contribution in [0.5, 0.6) is 0 Å². The van der Waals surface area contributed by atoms with Crippen LogP contribution in [0.15, 0.2) is 18.3 Å². The van der Waals surface area contributed by atoms with E-state index in [9.17, 15) is 18.0 Å². The van der Waals surface area contributed by atoms with E-state index in [4.69, 9.17) is 5.73 Å². The van der Waals surface area contributed by atoms with Gasteiger partial charge in [0.25, 0.3) is 5.91 Å². The Labute approximate surface area is 115 Å². The van der Waals surface area contributed by atoms with Gasteiger partial charge >= 0.3 is 6.18 Å². The van der Waals surface area contributed by atoms with Crippen molar-refractivity contribution in [2.45, 2.75) is 20.0 Å². The number of amides is 1. The van der Waals surface area contributed by atoms with Crippen LogP contribution >= 0.6 is 0 Å². The Morgan fingerprint density at radius 3 is 2.35 bits per heavy atom. The number of halogens is 3. The zero-order chi connectivity index (χ0) is 15.6. The van der Waals surface area contributed by atoms with Crippen molar-refractivity contribution >= 4 is 5.91 Å². The average Bonchev–Trinajstić information content (AvgIpc) is 2.36. The smallest absolute Gasteiger partial charge is 0.341 e. The molecule has 1 rings (SSSR count). The van der Waals surface area contributed by atoms with E-state index in [1.165, 1.54) is 4.90 Å². The van der Waals surface area contributed by atoms with Crippen LogP contribution in [-0.2, 0) is 6.18 Å². The molecule has 0 radical (unpaired) electrons. The van der Waals surface area contributed by atoms with Crippen molar-refractivity contribution < 1.29 is 18.0 Å². The number of carbonyl (C=O) groups is 1. The second kappa shape index (κ2) is 5.78. The largest absolute Gasteiger partial charge is 0.433 e. The summed E-state index contributed by atoms with van der Waals surface area (Å²) >= 11 is 0. The molecule has 1 amide bonds. The fraction of sp³-hybridized carbons (Fsp3) is 0.538. The summed E-state index contributed by atoms with van der Waals surface area (Å²) in [6, 6.07) is 1.93. The molecule has 0 aliphatic carbocycles. The van der Waals surface area contributed by atoms with Crippen LogP contribution < -0.4 is 5.73 Å². The van der Waals surface area contributed by atoms with Crippen LogP contribution in [0.1, 0.15) is 29.9 Å². The van der Waals surface area contributed by atoms with E-state index in [2.05, 4.69) is 4.98 Å². The second-order valence-corrected chi connectivity index (χ2v) is 5.46. The molecule has 0 saturated heterocycles. The summed E-state index contributed by atoms with van der Waals surface area (Å²) in [7, 11) is 1.58. The minimum absolute atomic E-state index is 0.119. The van der Waals surface area contributed by atoms with Gasteiger partial charge in [-0.15, -0.1) is 0 Å². The number of aromatic nitrogens is 1. The van der Waals surface area contributed by atoms with Gasteiger partial charge in [-0.25, -0.2) is 0 Å². The molecule has 0 fully saturated rings. The first-order valence-corrected chi connectivity index (χ1v) is 6.05. The molecular weight excluding hydrogens is 271 g/mol. The highest BCUT2D eigenvalue weighted by molar-refractivity contribution is 5.93.